The van der Waals surface area contributed by atoms with Crippen LogP contribution in [0, 0.1) is 0 Å². The second-order valence-electron chi connectivity index (χ2n) is 20.7. The van der Waals surface area contributed by atoms with E-state index < -0.39 is 33.3 Å². The van der Waals surface area contributed by atoms with Gasteiger partial charge in [-0.05, 0) is 72.5 Å². The summed E-state index contributed by atoms with van der Waals surface area (Å²) in [6, 6.07) is -0.00336. The molecule has 2 heterocycles. The maximum atomic E-state index is 7.65. The Balaban J connectivity index is 2.80. The summed E-state index contributed by atoms with van der Waals surface area (Å²) < 4.78 is 31.7. The van der Waals surface area contributed by atoms with Gasteiger partial charge < -0.3 is 23.4 Å². The highest BCUT2D eigenvalue weighted by Crippen LogP contribution is 2.46. The standard InChI is InChI=1S/C36H79N5O4Si4/c1-33(2,3)46(13,14)42-27-29-31(44-48(17,18)35(7,8)9)32(45-49(19,20)36(10,11)12)30(43-47(15,16)34(4,5)6)26-40(29)23-21-28-25-41(24-22-37)39-38-28/h25,29-32H,21-24,26-27,37H2,1-20H3/t29-,30?,31?,32?/m1/s1. The molecule has 1 saturated heterocycles. The van der Waals surface area contributed by atoms with Crippen molar-refractivity contribution >= 4 is 33.3 Å². The summed E-state index contributed by atoms with van der Waals surface area (Å²) >= 11 is 0. The Bertz CT molecular complexity index is 1200. The van der Waals surface area contributed by atoms with Crippen LogP contribution in [0.25, 0.3) is 0 Å². The molecular formula is C36H79N5O4Si4. The fourth-order valence-corrected chi connectivity index (χ4v) is 10.00. The van der Waals surface area contributed by atoms with Crippen molar-refractivity contribution in [1.29, 1.82) is 0 Å². The SMILES string of the molecule is CC(C)(C)[Si](C)(C)OC[C@@H]1C(O[Si](C)(C)C(C)(C)C)C(O[Si](C)(C)C(C)(C)C)C(O[Si](C)(C)C(C)(C)C)CN1CCc1cn(CCN)nn1. The Labute approximate surface area is 306 Å². The van der Waals surface area contributed by atoms with E-state index >= 15 is 0 Å². The third kappa shape index (κ3) is 11.4. The first-order valence-corrected chi connectivity index (χ1v) is 30.4. The van der Waals surface area contributed by atoms with Gasteiger partial charge in [0.15, 0.2) is 33.3 Å². The smallest absolute Gasteiger partial charge is 0.192 e. The second-order valence-corrected chi connectivity index (χ2v) is 39.8. The van der Waals surface area contributed by atoms with Crippen molar-refractivity contribution < 1.29 is 17.7 Å². The van der Waals surface area contributed by atoms with Crippen molar-refractivity contribution in [2.75, 3.05) is 26.2 Å². The summed E-state index contributed by atoms with van der Waals surface area (Å²) in [7, 11) is -8.80. The van der Waals surface area contributed by atoms with Crippen molar-refractivity contribution in [2.45, 2.75) is 193 Å². The van der Waals surface area contributed by atoms with Crippen LogP contribution in [0.3, 0.4) is 0 Å². The normalized spacial score (nSPS) is 23.0. The molecule has 49 heavy (non-hydrogen) atoms. The molecular weight excluding hydrogens is 679 g/mol. The lowest BCUT2D eigenvalue weighted by molar-refractivity contribution is -0.128. The van der Waals surface area contributed by atoms with E-state index in [2.05, 4.69) is 151 Å². The number of rotatable bonds is 14. The van der Waals surface area contributed by atoms with E-state index in [1.165, 1.54) is 0 Å². The van der Waals surface area contributed by atoms with Crippen LogP contribution in [0.1, 0.15) is 88.8 Å². The predicted octanol–water partition coefficient (Wildman–Crippen LogP) is 8.66. The van der Waals surface area contributed by atoms with Gasteiger partial charge >= 0.3 is 0 Å². The van der Waals surface area contributed by atoms with Crippen LogP contribution in [-0.2, 0) is 30.7 Å². The maximum absolute atomic E-state index is 7.65. The van der Waals surface area contributed by atoms with Gasteiger partial charge in [0.25, 0.3) is 0 Å². The fourth-order valence-electron chi connectivity index (χ4n) is 5.01. The molecule has 1 aromatic heterocycles. The number of nitrogens with zero attached hydrogens (tertiary/aromatic N) is 4. The molecule has 13 heteroatoms. The monoisotopic (exact) mass is 758 g/mol. The minimum Gasteiger partial charge on any atom is -0.415 e. The van der Waals surface area contributed by atoms with Crippen LogP contribution < -0.4 is 5.73 Å². The van der Waals surface area contributed by atoms with E-state index in [0.717, 1.165) is 25.2 Å². The quantitative estimate of drug-likeness (QED) is 0.189. The van der Waals surface area contributed by atoms with Crippen LogP contribution >= 0.6 is 0 Å². The number of likely N-dealkylation sites (tertiary alicyclic amines) is 1. The molecule has 1 aliphatic heterocycles. The molecule has 3 unspecified atom stereocenters. The summed E-state index contributed by atoms with van der Waals surface area (Å²) in [5.74, 6) is 0. The largest absolute Gasteiger partial charge is 0.415 e. The summed E-state index contributed by atoms with van der Waals surface area (Å²) in [6.07, 6.45) is 2.25. The Morgan fingerprint density at radius 2 is 1.12 bits per heavy atom. The van der Waals surface area contributed by atoms with E-state index in [1.807, 2.05) is 10.9 Å². The zero-order valence-electron chi connectivity index (χ0n) is 35.6. The van der Waals surface area contributed by atoms with Crippen LogP contribution in [-0.4, -0.2) is 104 Å². The number of piperidine rings is 1. The lowest BCUT2D eigenvalue weighted by Crippen LogP contribution is -2.70. The first-order chi connectivity index (χ1) is 21.8. The molecule has 9 nitrogen and oxygen atoms in total. The van der Waals surface area contributed by atoms with Crippen LogP contribution in [0.15, 0.2) is 6.20 Å². The Kier molecular flexibility index (Phi) is 14.3. The van der Waals surface area contributed by atoms with Crippen molar-refractivity contribution in [3.05, 3.63) is 11.9 Å². The van der Waals surface area contributed by atoms with Gasteiger partial charge in [-0.25, -0.2) is 0 Å². The average molecular weight is 758 g/mol. The van der Waals surface area contributed by atoms with Gasteiger partial charge in [0.2, 0.25) is 0 Å². The number of nitrogens with two attached hydrogens (primary N) is 1. The second kappa shape index (κ2) is 15.6. The molecule has 2 rings (SSSR count). The Morgan fingerprint density at radius 3 is 1.57 bits per heavy atom. The van der Waals surface area contributed by atoms with Crippen LogP contribution in [0.2, 0.25) is 72.5 Å². The summed E-state index contributed by atoms with van der Waals surface area (Å²) in [5, 5.41) is 9.06. The minimum absolute atomic E-state index is 0.00336. The molecule has 288 valence electrons. The molecule has 0 spiro atoms. The maximum Gasteiger partial charge on any atom is 0.192 e. The lowest BCUT2D eigenvalue weighted by atomic mass is 9.94. The third-order valence-corrected chi connectivity index (χ3v) is 30.7. The first-order valence-electron chi connectivity index (χ1n) is 18.8. The highest BCUT2D eigenvalue weighted by atomic mass is 28.4. The van der Waals surface area contributed by atoms with E-state index in [-0.39, 0.29) is 44.5 Å². The van der Waals surface area contributed by atoms with Gasteiger partial charge in [0.05, 0.1) is 43.2 Å². The van der Waals surface area contributed by atoms with Crippen LogP contribution in [0.5, 0.6) is 0 Å². The van der Waals surface area contributed by atoms with E-state index in [1.54, 1.807) is 0 Å². The van der Waals surface area contributed by atoms with Crippen molar-refractivity contribution in [3.63, 3.8) is 0 Å². The summed E-state index contributed by atoms with van der Waals surface area (Å²) in [5.41, 5.74) is 6.79. The zero-order valence-corrected chi connectivity index (χ0v) is 39.6. The fraction of sp³-hybridized carbons (Fsp3) is 0.944. The molecule has 0 bridgehead atoms. The highest BCUT2D eigenvalue weighted by molar-refractivity contribution is 6.75. The van der Waals surface area contributed by atoms with Gasteiger partial charge in [-0.1, -0.05) is 88.3 Å². The zero-order chi connectivity index (χ0) is 38.2. The first kappa shape index (κ1) is 44.9. The van der Waals surface area contributed by atoms with Gasteiger partial charge in [-0.15, -0.1) is 5.10 Å². The molecule has 1 aromatic rings. The highest BCUT2D eigenvalue weighted by Gasteiger charge is 2.55. The molecule has 1 fully saturated rings. The van der Waals surface area contributed by atoms with E-state index in [9.17, 15) is 0 Å². The average Bonchev–Trinajstić information content (AvgIpc) is 3.33. The Morgan fingerprint density at radius 1 is 0.673 bits per heavy atom. The molecule has 2 N–H and O–H groups in total. The van der Waals surface area contributed by atoms with Gasteiger partial charge in [-0.3, -0.25) is 9.58 Å². The molecule has 1 aliphatic rings. The topological polar surface area (TPSA) is 96.9 Å². The van der Waals surface area contributed by atoms with Crippen LogP contribution in [0.4, 0.5) is 0 Å². The van der Waals surface area contributed by atoms with Crippen molar-refractivity contribution in [3.8, 4) is 0 Å². The molecule has 0 aromatic carbocycles. The minimum atomic E-state index is -2.27. The van der Waals surface area contributed by atoms with Crippen molar-refractivity contribution in [1.82, 2.24) is 19.9 Å². The number of hydrogen-bond acceptors (Lipinski definition) is 8. The van der Waals surface area contributed by atoms with Gasteiger partial charge in [0, 0.05) is 32.3 Å². The summed E-state index contributed by atoms with van der Waals surface area (Å²) in [6.45, 7) is 50.2. The van der Waals surface area contributed by atoms with E-state index in [0.29, 0.717) is 19.7 Å². The number of aromatic nitrogens is 3. The molecule has 0 saturated carbocycles. The number of hydrogen-bond donors (Lipinski definition) is 1. The molecule has 0 radical (unpaired) electrons. The van der Waals surface area contributed by atoms with Gasteiger partial charge in [-0.2, -0.15) is 0 Å². The van der Waals surface area contributed by atoms with E-state index in [4.69, 9.17) is 23.4 Å². The molecule has 0 amide bonds. The molecule has 4 atom stereocenters. The molecule has 0 aliphatic carbocycles. The van der Waals surface area contributed by atoms with Crippen molar-refractivity contribution in [2.24, 2.45) is 5.73 Å². The van der Waals surface area contributed by atoms with Gasteiger partial charge in [0.1, 0.15) is 0 Å². The summed E-state index contributed by atoms with van der Waals surface area (Å²) in [4.78, 5) is 2.59. The third-order valence-electron chi connectivity index (χ3n) is 12.7. The Hall–Kier alpha value is -0.232. The predicted molar refractivity (Wildman–Crippen MR) is 218 cm³/mol. The lowest BCUT2D eigenvalue weighted by Gasteiger charge is -2.56.